The fourth-order valence-electron chi connectivity index (χ4n) is 2.66. The van der Waals surface area contributed by atoms with Crippen molar-refractivity contribution in [2.45, 2.75) is 19.0 Å². The zero-order valence-electron chi connectivity index (χ0n) is 11.4. The van der Waals surface area contributed by atoms with Crippen molar-refractivity contribution in [1.29, 1.82) is 0 Å². The highest BCUT2D eigenvalue weighted by Crippen LogP contribution is 2.36. The van der Waals surface area contributed by atoms with Crippen molar-refractivity contribution >= 4 is 27.8 Å². The van der Waals surface area contributed by atoms with Crippen LogP contribution in [0.2, 0.25) is 0 Å². The average molecular weight is 380 g/mol. The van der Waals surface area contributed by atoms with Gasteiger partial charge in [-0.2, -0.15) is 13.2 Å². The van der Waals surface area contributed by atoms with Gasteiger partial charge in [0.15, 0.2) is 0 Å². The van der Waals surface area contributed by atoms with Gasteiger partial charge in [-0.1, -0.05) is 28.1 Å². The minimum absolute atomic E-state index is 0.00331. The lowest BCUT2D eigenvalue weighted by Gasteiger charge is -2.25. The van der Waals surface area contributed by atoms with Gasteiger partial charge in [0.05, 0.1) is 5.41 Å². The summed E-state index contributed by atoms with van der Waals surface area (Å²) in [6, 6.07) is 6.93. The molecule has 120 valence electrons. The normalized spacial score (nSPS) is 21.9. The van der Waals surface area contributed by atoms with E-state index >= 15 is 0 Å². The van der Waals surface area contributed by atoms with Crippen LogP contribution in [0.25, 0.3) is 0 Å². The van der Waals surface area contributed by atoms with Crippen molar-refractivity contribution in [2.75, 3.05) is 13.1 Å². The van der Waals surface area contributed by atoms with Crippen LogP contribution in [0.5, 0.6) is 0 Å². The van der Waals surface area contributed by atoms with Gasteiger partial charge in [0.1, 0.15) is 0 Å². The van der Waals surface area contributed by atoms with Crippen molar-refractivity contribution in [3.63, 3.8) is 0 Å². The summed E-state index contributed by atoms with van der Waals surface area (Å²) in [4.78, 5) is 23.5. The highest BCUT2D eigenvalue weighted by atomic mass is 79.9. The zero-order chi connectivity index (χ0) is 16.5. The standard InChI is InChI=1S/C14H13BrF3NO3/c15-10-3-1-2-9(6-10)7-13(12(21)22)4-5-19(8-13)11(20)14(16,17)18/h1-3,6H,4-5,7-8H2,(H,21,22). The van der Waals surface area contributed by atoms with Crippen LogP contribution in [-0.4, -0.2) is 41.1 Å². The lowest BCUT2D eigenvalue weighted by molar-refractivity contribution is -0.185. The zero-order valence-corrected chi connectivity index (χ0v) is 12.9. The third-order valence-electron chi connectivity index (χ3n) is 3.77. The summed E-state index contributed by atoms with van der Waals surface area (Å²) in [7, 11) is 0. The minimum Gasteiger partial charge on any atom is -0.481 e. The Hall–Kier alpha value is -1.57. The molecule has 0 spiro atoms. The molecule has 0 aliphatic carbocycles. The van der Waals surface area contributed by atoms with E-state index in [-0.39, 0.29) is 19.4 Å². The third-order valence-corrected chi connectivity index (χ3v) is 4.26. The molecule has 0 aromatic heterocycles. The first-order valence-electron chi connectivity index (χ1n) is 6.48. The highest BCUT2D eigenvalue weighted by Gasteiger charge is 2.51. The number of alkyl halides is 3. The molecular weight excluding hydrogens is 367 g/mol. The van der Waals surface area contributed by atoms with Crippen LogP contribution in [0.4, 0.5) is 13.2 Å². The number of carboxylic acids is 1. The van der Waals surface area contributed by atoms with Crippen LogP contribution in [0.1, 0.15) is 12.0 Å². The maximum Gasteiger partial charge on any atom is 0.471 e. The Morgan fingerprint density at radius 1 is 1.36 bits per heavy atom. The summed E-state index contributed by atoms with van der Waals surface area (Å²) >= 11 is 3.27. The maximum atomic E-state index is 12.5. The maximum absolute atomic E-state index is 12.5. The number of carbonyl (C=O) groups is 2. The number of carbonyl (C=O) groups excluding carboxylic acids is 1. The minimum atomic E-state index is -4.98. The molecule has 1 aromatic carbocycles. The number of benzene rings is 1. The number of likely N-dealkylation sites (tertiary alicyclic amines) is 1. The third kappa shape index (κ3) is 3.43. The van der Waals surface area contributed by atoms with Gasteiger partial charge >= 0.3 is 18.1 Å². The second kappa shape index (κ2) is 5.91. The molecule has 1 saturated heterocycles. The molecule has 4 nitrogen and oxygen atoms in total. The fourth-order valence-corrected chi connectivity index (χ4v) is 3.10. The van der Waals surface area contributed by atoms with E-state index in [0.29, 0.717) is 10.5 Å². The Bertz CT molecular complexity index is 605. The van der Waals surface area contributed by atoms with E-state index < -0.39 is 30.0 Å². The molecule has 1 aromatic rings. The molecule has 1 heterocycles. The molecule has 1 amide bonds. The number of rotatable bonds is 3. The van der Waals surface area contributed by atoms with Crippen LogP contribution >= 0.6 is 15.9 Å². The lowest BCUT2D eigenvalue weighted by Crippen LogP contribution is -2.43. The Morgan fingerprint density at radius 3 is 2.59 bits per heavy atom. The molecule has 0 bridgehead atoms. The predicted molar refractivity (Wildman–Crippen MR) is 75.2 cm³/mol. The summed E-state index contributed by atoms with van der Waals surface area (Å²) < 4.78 is 38.2. The van der Waals surface area contributed by atoms with E-state index in [1.807, 2.05) is 0 Å². The molecule has 1 atom stereocenters. The van der Waals surface area contributed by atoms with E-state index in [1.165, 1.54) is 0 Å². The van der Waals surface area contributed by atoms with Crippen LogP contribution in [0.15, 0.2) is 28.7 Å². The van der Waals surface area contributed by atoms with Crippen LogP contribution in [0, 0.1) is 5.41 Å². The second-order valence-electron chi connectivity index (χ2n) is 5.37. The van der Waals surface area contributed by atoms with E-state index in [2.05, 4.69) is 15.9 Å². The monoisotopic (exact) mass is 379 g/mol. The van der Waals surface area contributed by atoms with Gasteiger partial charge in [-0.05, 0) is 30.5 Å². The average Bonchev–Trinajstić information content (AvgIpc) is 2.82. The van der Waals surface area contributed by atoms with Gasteiger partial charge in [0.2, 0.25) is 0 Å². The molecule has 1 aliphatic heterocycles. The Kier molecular flexibility index (Phi) is 4.51. The Balaban J connectivity index is 2.21. The summed E-state index contributed by atoms with van der Waals surface area (Å²) in [5.41, 5.74) is -0.695. The smallest absolute Gasteiger partial charge is 0.471 e. The molecule has 1 N–H and O–H groups in total. The first-order chi connectivity index (χ1) is 10.1. The molecule has 0 saturated carbocycles. The summed E-state index contributed by atoms with van der Waals surface area (Å²) in [5.74, 6) is -3.17. The van der Waals surface area contributed by atoms with E-state index in [9.17, 15) is 27.9 Å². The first kappa shape index (κ1) is 16.8. The van der Waals surface area contributed by atoms with Gasteiger partial charge in [-0.3, -0.25) is 9.59 Å². The molecule has 1 fully saturated rings. The summed E-state index contributed by atoms with van der Waals surface area (Å²) in [6.07, 6.45) is -4.91. The largest absolute Gasteiger partial charge is 0.481 e. The number of nitrogens with zero attached hydrogens (tertiary/aromatic N) is 1. The number of hydrogen-bond acceptors (Lipinski definition) is 2. The van der Waals surface area contributed by atoms with Crippen molar-refractivity contribution in [2.24, 2.45) is 5.41 Å². The predicted octanol–water partition coefficient (Wildman–Crippen LogP) is 2.86. The number of amides is 1. The SMILES string of the molecule is O=C(N1CCC(Cc2cccc(Br)c2)(C(=O)O)C1)C(F)(F)F. The molecule has 2 rings (SSSR count). The van der Waals surface area contributed by atoms with Crippen LogP contribution in [-0.2, 0) is 16.0 Å². The number of halogens is 4. The van der Waals surface area contributed by atoms with E-state index in [1.54, 1.807) is 24.3 Å². The molecule has 22 heavy (non-hydrogen) atoms. The van der Waals surface area contributed by atoms with E-state index in [4.69, 9.17) is 0 Å². The molecule has 1 unspecified atom stereocenters. The molecule has 1 aliphatic rings. The van der Waals surface area contributed by atoms with Crippen molar-refractivity contribution < 1.29 is 27.9 Å². The lowest BCUT2D eigenvalue weighted by atomic mass is 9.81. The summed E-state index contributed by atoms with van der Waals surface area (Å²) in [6.45, 7) is -0.647. The number of carboxylic acid groups (broad SMARTS) is 1. The van der Waals surface area contributed by atoms with Gasteiger partial charge in [0, 0.05) is 17.6 Å². The molecule has 0 radical (unpaired) electrons. The fraction of sp³-hybridized carbons (Fsp3) is 0.429. The Labute approximate surface area is 133 Å². The number of aliphatic carboxylic acids is 1. The van der Waals surface area contributed by atoms with Gasteiger partial charge in [0.25, 0.3) is 0 Å². The van der Waals surface area contributed by atoms with Crippen molar-refractivity contribution in [3.05, 3.63) is 34.3 Å². The van der Waals surface area contributed by atoms with Crippen molar-refractivity contribution in [1.82, 2.24) is 4.90 Å². The van der Waals surface area contributed by atoms with Gasteiger partial charge < -0.3 is 10.0 Å². The topological polar surface area (TPSA) is 57.6 Å². The van der Waals surface area contributed by atoms with Crippen LogP contribution in [0.3, 0.4) is 0 Å². The van der Waals surface area contributed by atoms with Crippen LogP contribution < -0.4 is 0 Å². The van der Waals surface area contributed by atoms with Crippen molar-refractivity contribution in [3.8, 4) is 0 Å². The molecular formula is C14H13BrF3NO3. The second-order valence-corrected chi connectivity index (χ2v) is 6.28. The van der Waals surface area contributed by atoms with E-state index in [0.717, 1.165) is 4.47 Å². The summed E-state index contributed by atoms with van der Waals surface area (Å²) in [5, 5.41) is 9.47. The molecule has 8 heteroatoms. The highest BCUT2D eigenvalue weighted by molar-refractivity contribution is 9.10. The Morgan fingerprint density at radius 2 is 2.05 bits per heavy atom. The van der Waals surface area contributed by atoms with Gasteiger partial charge in [-0.15, -0.1) is 0 Å². The quantitative estimate of drug-likeness (QED) is 0.878. The number of hydrogen-bond donors (Lipinski definition) is 1. The van der Waals surface area contributed by atoms with Gasteiger partial charge in [-0.25, -0.2) is 0 Å². The first-order valence-corrected chi connectivity index (χ1v) is 7.27.